The Morgan fingerprint density at radius 1 is 0.714 bits per heavy atom. The van der Waals surface area contributed by atoms with E-state index in [-0.39, 0.29) is 0 Å². The summed E-state index contributed by atoms with van der Waals surface area (Å²) in [6, 6.07) is 37.2. The molecule has 6 heteroatoms. The van der Waals surface area contributed by atoms with Crippen molar-refractivity contribution in [2.24, 2.45) is 0 Å². The summed E-state index contributed by atoms with van der Waals surface area (Å²) >= 11 is 1.59. The lowest BCUT2D eigenvalue weighted by Crippen LogP contribution is -2.08. The van der Waals surface area contributed by atoms with Crippen molar-refractivity contribution in [3.8, 4) is 11.8 Å². The van der Waals surface area contributed by atoms with Crippen LogP contribution in [0, 0.1) is 11.3 Å². The van der Waals surface area contributed by atoms with Crippen molar-refractivity contribution in [2.75, 3.05) is 0 Å². The van der Waals surface area contributed by atoms with Crippen LogP contribution in [0.5, 0.6) is 0 Å². The molecule has 0 N–H and O–H groups in total. The van der Waals surface area contributed by atoms with Gasteiger partial charge in [-0.1, -0.05) is 84.6 Å². The van der Waals surface area contributed by atoms with E-state index in [1.165, 1.54) is 21.8 Å². The van der Waals surface area contributed by atoms with Crippen molar-refractivity contribution < 1.29 is 0 Å². The maximum Gasteiger partial charge on any atom is 0.196 e. The quantitative estimate of drug-likeness (QED) is 0.257. The molecule has 2 aromatic heterocycles. The molecule has 0 radical (unpaired) electrons. The van der Waals surface area contributed by atoms with Crippen LogP contribution in [0.1, 0.15) is 17.0 Å². The van der Waals surface area contributed by atoms with Gasteiger partial charge in [0.15, 0.2) is 11.0 Å². The lowest BCUT2D eigenvalue weighted by Gasteiger charge is -2.12. The zero-order chi connectivity index (χ0) is 23.6. The summed E-state index contributed by atoms with van der Waals surface area (Å²) in [6.07, 6.45) is 0. The predicted octanol–water partition coefficient (Wildman–Crippen LogP) is 6.59. The van der Waals surface area contributed by atoms with Gasteiger partial charge in [-0.2, -0.15) is 5.26 Å². The monoisotopic (exact) mass is 471 g/mol. The topological polar surface area (TPSA) is 59.4 Å². The number of nitriles is 1. The summed E-state index contributed by atoms with van der Waals surface area (Å²) in [5, 5.41) is 22.0. The molecule has 0 aliphatic carbocycles. The molecule has 0 bridgehead atoms. The highest BCUT2D eigenvalue weighted by Gasteiger charge is 2.18. The second-order valence-electron chi connectivity index (χ2n) is 8.25. The molecule has 6 rings (SSSR count). The fraction of sp³-hybridized carbons (Fsp3) is 0.0690. The molecule has 4 aromatic carbocycles. The Hall–Kier alpha value is -4.34. The van der Waals surface area contributed by atoms with Gasteiger partial charge in [0, 0.05) is 33.2 Å². The molecule has 0 aliphatic heterocycles. The van der Waals surface area contributed by atoms with Crippen LogP contribution >= 0.6 is 11.8 Å². The molecule has 0 unspecified atom stereocenters. The predicted molar refractivity (Wildman–Crippen MR) is 141 cm³/mol. The van der Waals surface area contributed by atoms with Gasteiger partial charge in [-0.15, -0.1) is 10.2 Å². The highest BCUT2D eigenvalue weighted by molar-refractivity contribution is 7.98. The highest BCUT2D eigenvalue weighted by atomic mass is 32.2. The molecular weight excluding hydrogens is 450 g/mol. The smallest absolute Gasteiger partial charge is 0.196 e. The minimum Gasteiger partial charge on any atom is -0.333 e. The number of benzene rings is 4. The van der Waals surface area contributed by atoms with Crippen LogP contribution in [-0.4, -0.2) is 19.3 Å². The number of nitrogens with zero attached hydrogens (tertiary/aromatic N) is 5. The summed E-state index contributed by atoms with van der Waals surface area (Å²) in [4.78, 5) is 0. The SMILES string of the molecule is N#Cc1ccccc1CSc1nnc(Cn2c3ccccc3c3ccccc32)n1-c1ccccc1. The molecule has 0 saturated heterocycles. The molecule has 0 amide bonds. The zero-order valence-corrected chi connectivity index (χ0v) is 19.7. The molecule has 168 valence electrons. The van der Waals surface area contributed by atoms with Crippen LogP contribution in [0.3, 0.4) is 0 Å². The number of fused-ring (bicyclic) bond motifs is 3. The van der Waals surface area contributed by atoms with Gasteiger partial charge in [-0.25, -0.2) is 0 Å². The number of hydrogen-bond acceptors (Lipinski definition) is 4. The van der Waals surface area contributed by atoms with E-state index in [0.29, 0.717) is 17.9 Å². The number of thioether (sulfide) groups is 1. The van der Waals surface area contributed by atoms with E-state index in [1.54, 1.807) is 11.8 Å². The highest BCUT2D eigenvalue weighted by Crippen LogP contribution is 2.31. The fourth-order valence-electron chi connectivity index (χ4n) is 4.55. The first kappa shape index (κ1) is 21.2. The minimum absolute atomic E-state index is 0.589. The van der Waals surface area contributed by atoms with Crippen molar-refractivity contribution in [3.05, 3.63) is 120 Å². The van der Waals surface area contributed by atoms with E-state index in [9.17, 15) is 5.26 Å². The normalized spacial score (nSPS) is 11.2. The first-order valence-electron chi connectivity index (χ1n) is 11.4. The van der Waals surface area contributed by atoms with E-state index in [1.807, 2.05) is 42.5 Å². The van der Waals surface area contributed by atoms with Crippen LogP contribution in [0.15, 0.2) is 108 Å². The standard InChI is InChI=1S/C29H21N5S/c30-18-21-10-4-5-11-22(21)20-35-29-32-31-28(34(29)23-12-2-1-3-13-23)19-33-26-16-8-6-14-24(26)25-15-7-9-17-27(25)33/h1-17H,19-20H2. The Morgan fingerprint density at radius 2 is 1.34 bits per heavy atom. The van der Waals surface area contributed by atoms with Crippen LogP contribution in [0.25, 0.3) is 27.5 Å². The van der Waals surface area contributed by atoms with Gasteiger partial charge in [-0.05, 0) is 35.9 Å². The van der Waals surface area contributed by atoms with E-state index in [4.69, 9.17) is 0 Å². The van der Waals surface area contributed by atoms with Crippen LogP contribution < -0.4 is 0 Å². The molecule has 0 spiro atoms. The van der Waals surface area contributed by atoms with Gasteiger partial charge in [0.1, 0.15) is 0 Å². The molecule has 0 atom stereocenters. The van der Waals surface area contributed by atoms with Gasteiger partial charge in [0.25, 0.3) is 0 Å². The average molecular weight is 472 g/mol. The van der Waals surface area contributed by atoms with Crippen molar-refractivity contribution in [1.82, 2.24) is 19.3 Å². The maximum atomic E-state index is 9.47. The molecule has 6 aromatic rings. The maximum absolute atomic E-state index is 9.47. The van der Waals surface area contributed by atoms with E-state index in [2.05, 4.69) is 86.1 Å². The molecular formula is C29H21N5S. The third-order valence-electron chi connectivity index (χ3n) is 6.19. The second-order valence-corrected chi connectivity index (χ2v) is 9.19. The lowest BCUT2D eigenvalue weighted by molar-refractivity contribution is 0.754. The molecule has 0 aliphatic rings. The Labute approximate surface area is 207 Å². The summed E-state index contributed by atoms with van der Waals surface area (Å²) in [5.74, 6) is 1.50. The Morgan fingerprint density at radius 3 is 2.06 bits per heavy atom. The molecule has 0 fully saturated rings. The van der Waals surface area contributed by atoms with Crippen molar-refractivity contribution in [3.63, 3.8) is 0 Å². The largest absolute Gasteiger partial charge is 0.333 e. The third kappa shape index (κ3) is 3.86. The second kappa shape index (κ2) is 9.13. The summed E-state index contributed by atoms with van der Waals surface area (Å²) < 4.78 is 4.44. The van der Waals surface area contributed by atoms with Gasteiger partial charge < -0.3 is 4.57 Å². The summed E-state index contributed by atoms with van der Waals surface area (Å²) in [6.45, 7) is 0.589. The van der Waals surface area contributed by atoms with E-state index in [0.717, 1.165) is 22.2 Å². The van der Waals surface area contributed by atoms with Gasteiger partial charge in [-0.3, -0.25) is 4.57 Å². The fourth-order valence-corrected chi connectivity index (χ4v) is 5.52. The van der Waals surface area contributed by atoms with Crippen molar-refractivity contribution >= 4 is 33.6 Å². The molecule has 35 heavy (non-hydrogen) atoms. The van der Waals surface area contributed by atoms with Gasteiger partial charge in [0.2, 0.25) is 0 Å². The Balaban J connectivity index is 1.44. The third-order valence-corrected chi connectivity index (χ3v) is 7.17. The average Bonchev–Trinajstić information content (AvgIpc) is 3.47. The zero-order valence-electron chi connectivity index (χ0n) is 18.9. The number of hydrogen-bond donors (Lipinski definition) is 0. The van der Waals surface area contributed by atoms with Crippen LogP contribution in [0.2, 0.25) is 0 Å². The van der Waals surface area contributed by atoms with Crippen molar-refractivity contribution in [2.45, 2.75) is 17.5 Å². The summed E-state index contributed by atoms with van der Waals surface area (Å²) in [7, 11) is 0. The number of para-hydroxylation sites is 3. The van der Waals surface area contributed by atoms with Gasteiger partial charge in [0.05, 0.1) is 18.2 Å². The van der Waals surface area contributed by atoms with Crippen LogP contribution in [-0.2, 0) is 12.3 Å². The van der Waals surface area contributed by atoms with Crippen LogP contribution in [0.4, 0.5) is 0 Å². The number of rotatable bonds is 6. The first-order valence-corrected chi connectivity index (χ1v) is 12.4. The minimum atomic E-state index is 0.589. The molecule has 0 saturated carbocycles. The van der Waals surface area contributed by atoms with E-state index < -0.39 is 0 Å². The van der Waals surface area contributed by atoms with Gasteiger partial charge >= 0.3 is 0 Å². The van der Waals surface area contributed by atoms with Crippen molar-refractivity contribution in [1.29, 1.82) is 5.26 Å². The lowest BCUT2D eigenvalue weighted by atomic mass is 10.1. The number of aromatic nitrogens is 4. The molecule has 2 heterocycles. The van der Waals surface area contributed by atoms with E-state index >= 15 is 0 Å². The summed E-state index contributed by atoms with van der Waals surface area (Å²) in [5.41, 5.74) is 5.05. The first-order chi connectivity index (χ1) is 17.3. The Kier molecular flexibility index (Phi) is 5.53. The molecule has 5 nitrogen and oxygen atoms in total. The Bertz CT molecular complexity index is 1640.